The molecule has 0 bridgehead atoms. The number of nitro benzene ring substituents is 1. The van der Waals surface area contributed by atoms with Crippen LogP contribution in [0.2, 0.25) is 0 Å². The maximum Gasteiger partial charge on any atom is 0.434 e. The number of aromatic nitrogens is 2. The van der Waals surface area contributed by atoms with E-state index in [1.165, 1.54) is 17.0 Å². The number of nitrogens with zero attached hydrogens (tertiary/aromatic N) is 5. The van der Waals surface area contributed by atoms with Gasteiger partial charge in [-0.15, -0.1) is 5.10 Å². The summed E-state index contributed by atoms with van der Waals surface area (Å²) < 4.78 is 17.0. The van der Waals surface area contributed by atoms with Crippen LogP contribution in [-0.4, -0.2) is 82.8 Å². The molecular formula is C25H32N6O8. The Morgan fingerprint density at radius 2 is 1.87 bits per heavy atom. The number of benzene rings is 1. The van der Waals surface area contributed by atoms with Crippen molar-refractivity contribution in [3.63, 3.8) is 0 Å². The zero-order valence-corrected chi connectivity index (χ0v) is 22.4. The van der Waals surface area contributed by atoms with Gasteiger partial charge >= 0.3 is 12.2 Å². The molecule has 2 aromatic rings. The highest BCUT2D eigenvalue weighted by Gasteiger charge is 2.33. The molecule has 14 heteroatoms. The highest BCUT2D eigenvalue weighted by Crippen LogP contribution is 2.30. The average Bonchev–Trinajstić information content (AvgIpc) is 3.25. The molecule has 3 heterocycles. The van der Waals surface area contributed by atoms with Gasteiger partial charge in [-0.3, -0.25) is 14.9 Å². The molecule has 0 spiro atoms. The van der Waals surface area contributed by atoms with E-state index >= 15 is 0 Å². The third-order valence-electron chi connectivity index (χ3n) is 6.18. The normalized spacial score (nSPS) is 15.4. The fourth-order valence-electron chi connectivity index (χ4n) is 4.39. The Morgan fingerprint density at radius 3 is 2.51 bits per heavy atom. The number of carbonyl (C=O) groups is 3. The topological polar surface area (TPSA) is 158 Å². The Balaban J connectivity index is 1.64. The van der Waals surface area contributed by atoms with Gasteiger partial charge in [0, 0.05) is 43.4 Å². The van der Waals surface area contributed by atoms with E-state index in [0.717, 1.165) is 4.68 Å². The number of hydrogen-bond donors (Lipinski definition) is 1. The number of ether oxygens (including phenoxy) is 3. The smallest absolute Gasteiger partial charge is 0.434 e. The van der Waals surface area contributed by atoms with Gasteiger partial charge < -0.3 is 29.3 Å². The van der Waals surface area contributed by atoms with Crippen molar-refractivity contribution in [3.05, 3.63) is 45.1 Å². The third-order valence-corrected chi connectivity index (χ3v) is 6.18. The molecule has 4 rings (SSSR count). The minimum atomic E-state index is -0.777. The summed E-state index contributed by atoms with van der Waals surface area (Å²) in [5, 5.41) is 18.7. The van der Waals surface area contributed by atoms with E-state index in [4.69, 9.17) is 14.2 Å². The van der Waals surface area contributed by atoms with Gasteiger partial charge in [-0.25, -0.2) is 9.59 Å². The predicted octanol–water partition coefficient (Wildman–Crippen LogP) is 3.18. The molecule has 1 N–H and O–H groups in total. The monoisotopic (exact) mass is 544 g/mol. The SMILES string of the molecule is CCOC(=O)n1nc(NC(=O)c2ccc(N3CCOCC3)cc2[N+](=O)[O-])c2c1CCN(C(=O)OC(C)(C)C)C2. The lowest BCUT2D eigenvalue weighted by molar-refractivity contribution is -0.385. The maximum absolute atomic E-state index is 13.3. The van der Waals surface area contributed by atoms with Crippen LogP contribution in [0.15, 0.2) is 18.2 Å². The van der Waals surface area contributed by atoms with E-state index in [9.17, 15) is 24.5 Å². The van der Waals surface area contributed by atoms with Gasteiger partial charge in [0.25, 0.3) is 11.6 Å². The summed E-state index contributed by atoms with van der Waals surface area (Å²) in [4.78, 5) is 53.3. The van der Waals surface area contributed by atoms with Crippen LogP contribution in [0.1, 0.15) is 49.3 Å². The lowest BCUT2D eigenvalue weighted by atomic mass is 10.1. The summed E-state index contributed by atoms with van der Waals surface area (Å²) in [7, 11) is 0. The van der Waals surface area contributed by atoms with Gasteiger partial charge in [0.1, 0.15) is 11.2 Å². The van der Waals surface area contributed by atoms with Gasteiger partial charge in [0.15, 0.2) is 5.82 Å². The summed E-state index contributed by atoms with van der Waals surface area (Å²) in [6.07, 6.45) is -1.03. The Bertz CT molecular complexity index is 1280. The number of nitrogens with one attached hydrogen (secondary N) is 1. The number of anilines is 2. The van der Waals surface area contributed by atoms with Crippen molar-refractivity contribution >= 4 is 35.3 Å². The zero-order valence-electron chi connectivity index (χ0n) is 22.4. The van der Waals surface area contributed by atoms with Crippen molar-refractivity contribution in [2.24, 2.45) is 0 Å². The van der Waals surface area contributed by atoms with Gasteiger partial charge in [0.2, 0.25) is 0 Å². The van der Waals surface area contributed by atoms with Crippen molar-refractivity contribution in [2.45, 2.75) is 46.3 Å². The number of amides is 2. The number of carbonyl (C=O) groups excluding carboxylic acids is 3. The number of rotatable bonds is 5. The molecule has 14 nitrogen and oxygen atoms in total. The molecular weight excluding hydrogens is 512 g/mol. The van der Waals surface area contributed by atoms with Crippen LogP contribution >= 0.6 is 0 Å². The molecule has 1 aromatic carbocycles. The second kappa shape index (κ2) is 11.3. The van der Waals surface area contributed by atoms with E-state index in [1.807, 2.05) is 4.90 Å². The summed E-state index contributed by atoms with van der Waals surface area (Å²) in [6, 6.07) is 4.39. The number of nitro groups is 1. The first kappa shape index (κ1) is 27.8. The molecule has 0 atom stereocenters. The molecule has 0 unspecified atom stereocenters. The molecule has 0 saturated carbocycles. The number of morpholine rings is 1. The molecule has 1 fully saturated rings. The second-order valence-corrected chi connectivity index (χ2v) is 10.0. The van der Waals surface area contributed by atoms with Crippen molar-refractivity contribution in [1.29, 1.82) is 0 Å². The van der Waals surface area contributed by atoms with Crippen LogP contribution in [0.25, 0.3) is 0 Å². The Labute approximate surface area is 224 Å². The second-order valence-electron chi connectivity index (χ2n) is 10.0. The molecule has 0 aliphatic carbocycles. The molecule has 1 aromatic heterocycles. The molecule has 0 radical (unpaired) electrons. The van der Waals surface area contributed by atoms with Crippen LogP contribution in [0.5, 0.6) is 0 Å². The van der Waals surface area contributed by atoms with Gasteiger partial charge in [0.05, 0.1) is 37.0 Å². The summed E-state index contributed by atoms with van der Waals surface area (Å²) in [5.41, 5.74) is 0.248. The van der Waals surface area contributed by atoms with Gasteiger partial charge in [-0.2, -0.15) is 4.68 Å². The van der Waals surface area contributed by atoms with E-state index in [1.54, 1.807) is 33.8 Å². The van der Waals surface area contributed by atoms with Gasteiger partial charge in [-0.1, -0.05) is 0 Å². The predicted molar refractivity (Wildman–Crippen MR) is 139 cm³/mol. The Morgan fingerprint density at radius 1 is 1.15 bits per heavy atom. The fraction of sp³-hybridized carbons (Fsp3) is 0.520. The highest BCUT2D eigenvalue weighted by atomic mass is 16.6. The van der Waals surface area contributed by atoms with Crippen LogP contribution in [-0.2, 0) is 27.2 Å². The minimum Gasteiger partial charge on any atom is -0.448 e. The van der Waals surface area contributed by atoms with Crippen molar-refractivity contribution in [2.75, 3.05) is 49.7 Å². The average molecular weight is 545 g/mol. The molecule has 2 amide bonds. The van der Waals surface area contributed by atoms with E-state index in [-0.39, 0.29) is 43.2 Å². The molecule has 2 aliphatic rings. The van der Waals surface area contributed by atoms with E-state index < -0.39 is 28.6 Å². The lowest BCUT2D eigenvalue weighted by Gasteiger charge is -2.30. The standard InChI is InChI=1S/C25H32N6O8/c1-5-38-24(34)30-19-8-9-29(23(33)39-25(2,3)4)15-18(19)21(27-30)26-22(32)17-7-6-16(14-20(17)31(35)36)28-10-12-37-13-11-28/h6-7,14H,5,8-13,15H2,1-4H3,(H,26,27,32). The first-order valence-corrected chi connectivity index (χ1v) is 12.7. The Hall–Kier alpha value is -4.20. The highest BCUT2D eigenvalue weighted by molar-refractivity contribution is 6.07. The quantitative estimate of drug-likeness (QED) is 0.438. The fourth-order valence-corrected chi connectivity index (χ4v) is 4.39. The maximum atomic E-state index is 13.3. The Kier molecular flexibility index (Phi) is 8.04. The van der Waals surface area contributed by atoms with Crippen molar-refractivity contribution < 1.29 is 33.5 Å². The first-order valence-electron chi connectivity index (χ1n) is 12.7. The van der Waals surface area contributed by atoms with Crippen molar-refractivity contribution in [3.8, 4) is 0 Å². The zero-order chi connectivity index (χ0) is 28.3. The lowest BCUT2D eigenvalue weighted by Crippen LogP contribution is -2.40. The molecule has 210 valence electrons. The minimum absolute atomic E-state index is 0.00265. The largest absolute Gasteiger partial charge is 0.448 e. The summed E-state index contributed by atoms with van der Waals surface area (Å²) in [6.45, 7) is 9.46. The van der Waals surface area contributed by atoms with Crippen molar-refractivity contribution in [1.82, 2.24) is 14.7 Å². The molecule has 39 heavy (non-hydrogen) atoms. The van der Waals surface area contributed by atoms with E-state index in [2.05, 4.69) is 10.4 Å². The first-order chi connectivity index (χ1) is 18.5. The summed E-state index contributed by atoms with van der Waals surface area (Å²) in [5.74, 6) is -0.774. The van der Waals surface area contributed by atoms with Crippen LogP contribution in [0, 0.1) is 10.1 Å². The number of hydrogen-bond acceptors (Lipinski definition) is 10. The van der Waals surface area contributed by atoms with Crippen LogP contribution in [0.3, 0.4) is 0 Å². The van der Waals surface area contributed by atoms with E-state index in [0.29, 0.717) is 43.2 Å². The van der Waals surface area contributed by atoms with Crippen LogP contribution in [0.4, 0.5) is 26.8 Å². The number of fused-ring (bicyclic) bond motifs is 1. The van der Waals surface area contributed by atoms with Crippen LogP contribution < -0.4 is 10.2 Å². The third kappa shape index (κ3) is 6.28. The molecule has 1 saturated heterocycles. The molecule has 2 aliphatic heterocycles. The summed E-state index contributed by atoms with van der Waals surface area (Å²) >= 11 is 0. The van der Waals surface area contributed by atoms with Gasteiger partial charge in [-0.05, 0) is 39.8 Å².